The average Bonchev–Trinajstić information content (AvgIpc) is 2.91. The van der Waals surface area contributed by atoms with Crippen LogP contribution in [0.25, 0.3) is 0 Å². The molecule has 1 atom stereocenters. The first-order chi connectivity index (χ1) is 9.08. The van der Waals surface area contributed by atoms with Gasteiger partial charge in [0, 0.05) is 23.7 Å². The second kappa shape index (κ2) is 5.86. The molecule has 5 nitrogen and oxygen atoms in total. The van der Waals surface area contributed by atoms with Gasteiger partial charge < -0.3 is 9.73 Å². The Labute approximate surface area is 115 Å². The first kappa shape index (κ1) is 13.6. The SMILES string of the molecule is C[C@@H](NCc1cc([N+](=O)[O-])ccc1Cl)c1ccco1. The summed E-state index contributed by atoms with van der Waals surface area (Å²) in [5.74, 6) is 0.807. The Hall–Kier alpha value is -1.85. The molecule has 0 unspecified atom stereocenters. The van der Waals surface area contributed by atoms with Crippen LogP contribution in [0.3, 0.4) is 0 Å². The fraction of sp³-hybridized carbons (Fsp3) is 0.231. The maximum Gasteiger partial charge on any atom is 0.269 e. The maximum atomic E-state index is 10.7. The van der Waals surface area contributed by atoms with Gasteiger partial charge in [-0.05, 0) is 30.7 Å². The number of non-ortho nitro benzene ring substituents is 1. The van der Waals surface area contributed by atoms with Crippen molar-refractivity contribution in [2.45, 2.75) is 19.5 Å². The van der Waals surface area contributed by atoms with Gasteiger partial charge in [0.2, 0.25) is 0 Å². The van der Waals surface area contributed by atoms with E-state index in [0.717, 1.165) is 5.76 Å². The Morgan fingerprint density at radius 2 is 2.26 bits per heavy atom. The van der Waals surface area contributed by atoms with E-state index in [9.17, 15) is 10.1 Å². The van der Waals surface area contributed by atoms with Crippen molar-refractivity contribution in [3.63, 3.8) is 0 Å². The zero-order valence-electron chi connectivity index (χ0n) is 10.3. The van der Waals surface area contributed by atoms with E-state index in [-0.39, 0.29) is 11.7 Å². The minimum atomic E-state index is -0.435. The Kier molecular flexibility index (Phi) is 4.19. The molecule has 1 aromatic carbocycles. The van der Waals surface area contributed by atoms with Gasteiger partial charge in [-0.25, -0.2) is 0 Å². The summed E-state index contributed by atoms with van der Waals surface area (Å²) in [4.78, 5) is 10.3. The molecule has 0 radical (unpaired) electrons. The van der Waals surface area contributed by atoms with Crippen molar-refractivity contribution in [3.8, 4) is 0 Å². The number of nitrogens with zero attached hydrogens (tertiary/aromatic N) is 1. The van der Waals surface area contributed by atoms with Gasteiger partial charge >= 0.3 is 0 Å². The third-order valence-electron chi connectivity index (χ3n) is 2.81. The predicted molar refractivity (Wildman–Crippen MR) is 72.1 cm³/mol. The fourth-order valence-electron chi connectivity index (χ4n) is 1.71. The van der Waals surface area contributed by atoms with Crippen LogP contribution in [0, 0.1) is 10.1 Å². The molecule has 0 aliphatic carbocycles. The molecule has 0 fully saturated rings. The molecule has 0 saturated carbocycles. The highest BCUT2D eigenvalue weighted by Crippen LogP contribution is 2.23. The van der Waals surface area contributed by atoms with Crippen LogP contribution in [0.2, 0.25) is 5.02 Å². The highest BCUT2D eigenvalue weighted by atomic mass is 35.5. The number of benzene rings is 1. The largest absolute Gasteiger partial charge is 0.468 e. The quantitative estimate of drug-likeness (QED) is 0.670. The van der Waals surface area contributed by atoms with E-state index in [1.54, 1.807) is 6.26 Å². The molecule has 1 aromatic heterocycles. The smallest absolute Gasteiger partial charge is 0.269 e. The van der Waals surface area contributed by atoms with Crippen molar-refractivity contribution >= 4 is 17.3 Å². The molecule has 0 amide bonds. The van der Waals surface area contributed by atoms with Crippen LogP contribution >= 0.6 is 11.6 Å². The van der Waals surface area contributed by atoms with E-state index >= 15 is 0 Å². The van der Waals surface area contributed by atoms with Gasteiger partial charge in [-0.1, -0.05) is 11.6 Å². The number of halogens is 1. The first-order valence-electron chi connectivity index (χ1n) is 5.77. The highest BCUT2D eigenvalue weighted by Gasteiger charge is 2.12. The van der Waals surface area contributed by atoms with Crippen molar-refractivity contribution in [2.24, 2.45) is 0 Å². The zero-order valence-corrected chi connectivity index (χ0v) is 11.1. The number of hydrogen-bond acceptors (Lipinski definition) is 4. The van der Waals surface area contributed by atoms with Gasteiger partial charge in [0.15, 0.2) is 0 Å². The summed E-state index contributed by atoms with van der Waals surface area (Å²) in [6.07, 6.45) is 1.61. The van der Waals surface area contributed by atoms with Crippen molar-refractivity contribution in [2.75, 3.05) is 0 Å². The van der Waals surface area contributed by atoms with E-state index in [2.05, 4.69) is 5.32 Å². The van der Waals surface area contributed by atoms with Crippen molar-refractivity contribution in [1.82, 2.24) is 5.32 Å². The number of furan rings is 1. The van der Waals surface area contributed by atoms with Gasteiger partial charge in [0.1, 0.15) is 5.76 Å². The molecule has 2 rings (SSSR count). The number of rotatable bonds is 5. The molecular formula is C13H13ClN2O3. The van der Waals surface area contributed by atoms with Gasteiger partial charge in [-0.2, -0.15) is 0 Å². The monoisotopic (exact) mass is 280 g/mol. The van der Waals surface area contributed by atoms with Gasteiger partial charge in [0.05, 0.1) is 17.2 Å². The van der Waals surface area contributed by atoms with Crippen molar-refractivity contribution in [3.05, 3.63) is 63.1 Å². The summed E-state index contributed by atoms with van der Waals surface area (Å²) in [6.45, 7) is 2.38. The maximum absolute atomic E-state index is 10.7. The zero-order chi connectivity index (χ0) is 13.8. The van der Waals surface area contributed by atoms with Crippen LogP contribution in [0.15, 0.2) is 41.0 Å². The predicted octanol–water partition coefficient (Wildman–Crippen LogP) is 3.69. The molecule has 0 aliphatic heterocycles. The summed E-state index contributed by atoms with van der Waals surface area (Å²) in [5, 5.41) is 14.4. The van der Waals surface area contributed by atoms with E-state index in [0.29, 0.717) is 17.1 Å². The Morgan fingerprint density at radius 1 is 1.47 bits per heavy atom. The third kappa shape index (κ3) is 3.33. The first-order valence-corrected chi connectivity index (χ1v) is 6.15. The second-order valence-corrected chi connectivity index (χ2v) is 4.56. The highest BCUT2D eigenvalue weighted by molar-refractivity contribution is 6.31. The Morgan fingerprint density at radius 3 is 2.89 bits per heavy atom. The minimum absolute atomic E-state index is 0.00493. The Balaban J connectivity index is 2.06. The molecule has 100 valence electrons. The molecule has 0 bridgehead atoms. The van der Waals surface area contributed by atoms with Crippen molar-refractivity contribution in [1.29, 1.82) is 0 Å². The van der Waals surface area contributed by atoms with E-state index < -0.39 is 4.92 Å². The van der Waals surface area contributed by atoms with Gasteiger partial charge in [-0.3, -0.25) is 10.1 Å². The van der Waals surface area contributed by atoms with Crippen LogP contribution in [0.1, 0.15) is 24.3 Å². The van der Waals surface area contributed by atoms with E-state index in [1.165, 1.54) is 18.2 Å². The molecule has 0 saturated heterocycles. The number of hydrogen-bond donors (Lipinski definition) is 1. The lowest BCUT2D eigenvalue weighted by atomic mass is 10.1. The Bertz CT molecular complexity index is 569. The summed E-state index contributed by atoms with van der Waals surface area (Å²) in [7, 11) is 0. The van der Waals surface area contributed by atoms with E-state index in [1.807, 2.05) is 19.1 Å². The molecule has 0 spiro atoms. The fourth-order valence-corrected chi connectivity index (χ4v) is 1.90. The molecule has 1 heterocycles. The van der Waals surface area contributed by atoms with Crippen LogP contribution in [-0.2, 0) is 6.54 Å². The molecule has 0 aliphatic rings. The average molecular weight is 281 g/mol. The van der Waals surface area contributed by atoms with E-state index in [4.69, 9.17) is 16.0 Å². The van der Waals surface area contributed by atoms with Crippen LogP contribution < -0.4 is 5.32 Å². The molecular weight excluding hydrogens is 268 g/mol. The molecule has 2 aromatic rings. The molecule has 19 heavy (non-hydrogen) atoms. The normalized spacial score (nSPS) is 12.3. The van der Waals surface area contributed by atoms with Crippen molar-refractivity contribution < 1.29 is 9.34 Å². The van der Waals surface area contributed by atoms with Gasteiger partial charge in [-0.15, -0.1) is 0 Å². The second-order valence-electron chi connectivity index (χ2n) is 4.15. The summed E-state index contributed by atoms with van der Waals surface area (Å²) in [6, 6.07) is 8.09. The van der Waals surface area contributed by atoms with Gasteiger partial charge in [0.25, 0.3) is 5.69 Å². The van der Waals surface area contributed by atoms with Crippen LogP contribution in [0.4, 0.5) is 5.69 Å². The van der Waals surface area contributed by atoms with Crippen LogP contribution in [0.5, 0.6) is 0 Å². The third-order valence-corrected chi connectivity index (χ3v) is 3.18. The lowest BCUT2D eigenvalue weighted by Crippen LogP contribution is -2.17. The van der Waals surface area contributed by atoms with Crippen LogP contribution in [-0.4, -0.2) is 4.92 Å². The number of nitro groups is 1. The molecule has 6 heteroatoms. The summed E-state index contributed by atoms with van der Waals surface area (Å²) >= 11 is 6.02. The number of nitrogens with one attached hydrogen (secondary N) is 1. The minimum Gasteiger partial charge on any atom is -0.468 e. The molecule has 1 N–H and O–H groups in total. The summed E-state index contributed by atoms with van der Waals surface area (Å²) in [5.41, 5.74) is 0.723. The standard InChI is InChI=1S/C13H13ClN2O3/c1-9(13-3-2-6-19-13)15-8-10-7-11(16(17)18)4-5-12(10)14/h2-7,9,15H,8H2,1H3/t9-/m1/s1. The lowest BCUT2D eigenvalue weighted by molar-refractivity contribution is -0.384. The summed E-state index contributed by atoms with van der Waals surface area (Å²) < 4.78 is 5.27. The number of nitro benzene ring substituents is 1. The topological polar surface area (TPSA) is 68.3 Å². The lowest BCUT2D eigenvalue weighted by Gasteiger charge is -2.12.